The third kappa shape index (κ3) is 11.0. The molecule has 2 aromatic carbocycles. The van der Waals surface area contributed by atoms with Crippen LogP contribution in [0.1, 0.15) is 27.7 Å². The molecule has 0 unspecified atom stereocenters. The summed E-state index contributed by atoms with van der Waals surface area (Å²) in [7, 11) is 0. The summed E-state index contributed by atoms with van der Waals surface area (Å²) in [6.45, 7) is 16.0. The highest BCUT2D eigenvalue weighted by Crippen LogP contribution is 2.17. The lowest BCUT2D eigenvalue weighted by atomic mass is 10.1. The van der Waals surface area contributed by atoms with Crippen LogP contribution in [0.25, 0.3) is 11.1 Å². The van der Waals surface area contributed by atoms with Gasteiger partial charge in [0.15, 0.2) is 0 Å². The number of hydrogen-bond acceptors (Lipinski definition) is 1. The van der Waals surface area contributed by atoms with Crippen LogP contribution >= 0.6 is 0 Å². The summed E-state index contributed by atoms with van der Waals surface area (Å²) >= 11 is 0. The Labute approximate surface area is 125 Å². The van der Waals surface area contributed by atoms with Crippen molar-refractivity contribution in [2.24, 2.45) is 0 Å². The fraction of sp³-hybridized carbons (Fsp3) is 0.211. The Bertz CT molecular complexity index is 328. The average molecular weight is 272 g/mol. The molecule has 2 rings (SSSR count). The highest BCUT2D eigenvalue weighted by atomic mass is 16.1. The van der Waals surface area contributed by atoms with Crippen LogP contribution in [0.3, 0.4) is 0 Å². The van der Waals surface area contributed by atoms with E-state index < -0.39 is 0 Å². The van der Waals surface area contributed by atoms with Crippen molar-refractivity contribution in [3.05, 3.63) is 73.8 Å². The summed E-state index contributed by atoms with van der Waals surface area (Å²) < 4.78 is 0. The monoisotopic (exact) mass is 272 g/mol. The topological polar surface area (TPSA) is 17.1 Å². The Hall–Kier alpha value is -2.15. The van der Waals surface area contributed by atoms with Gasteiger partial charge >= 0.3 is 0 Å². The first-order chi connectivity index (χ1) is 9.97. The minimum Gasteiger partial charge on any atom is -0.307 e. The number of hydrogen-bond donors (Lipinski definition) is 0. The molecule has 0 N–H and O–H groups in total. The van der Waals surface area contributed by atoms with Crippen LogP contribution in [-0.2, 0) is 4.79 Å². The van der Waals surface area contributed by atoms with Gasteiger partial charge < -0.3 is 4.79 Å². The quantitative estimate of drug-likeness (QED) is 0.580. The van der Waals surface area contributed by atoms with Crippen molar-refractivity contribution in [2.45, 2.75) is 27.7 Å². The van der Waals surface area contributed by atoms with E-state index in [4.69, 9.17) is 4.79 Å². The van der Waals surface area contributed by atoms with Crippen molar-refractivity contribution in [1.82, 2.24) is 0 Å². The number of carbonyl (C=O) groups excluding carboxylic acids is 1. The van der Waals surface area contributed by atoms with E-state index >= 15 is 0 Å². The lowest BCUT2D eigenvalue weighted by Gasteiger charge is -1.98. The van der Waals surface area contributed by atoms with Crippen LogP contribution in [0.4, 0.5) is 0 Å². The van der Waals surface area contributed by atoms with Gasteiger partial charge in [-0.1, -0.05) is 88.4 Å². The van der Waals surface area contributed by atoms with Crippen LogP contribution in [0.15, 0.2) is 73.8 Å². The predicted molar refractivity (Wildman–Crippen MR) is 92.9 cm³/mol. The van der Waals surface area contributed by atoms with Crippen LogP contribution in [0.2, 0.25) is 0 Å². The van der Waals surface area contributed by atoms with Gasteiger partial charge in [0.05, 0.1) is 0 Å². The van der Waals surface area contributed by atoms with Crippen molar-refractivity contribution >= 4 is 6.79 Å². The summed E-state index contributed by atoms with van der Waals surface area (Å²) in [6.07, 6.45) is 0. The van der Waals surface area contributed by atoms with E-state index in [1.54, 1.807) is 0 Å². The molecule has 0 amide bonds. The molecule has 0 aliphatic heterocycles. The molecule has 20 heavy (non-hydrogen) atoms. The first-order valence-electron chi connectivity index (χ1n) is 6.86. The normalized spacial score (nSPS) is 6.80. The van der Waals surface area contributed by atoms with Gasteiger partial charge in [0.1, 0.15) is 6.79 Å². The lowest BCUT2D eigenvalue weighted by molar-refractivity contribution is -0.0979. The minimum absolute atomic E-state index is 1.28. The zero-order chi connectivity index (χ0) is 16.2. The second-order valence-corrected chi connectivity index (χ2v) is 2.73. The summed E-state index contributed by atoms with van der Waals surface area (Å²) in [6, 6.07) is 20.8. The Morgan fingerprint density at radius 2 is 0.750 bits per heavy atom. The van der Waals surface area contributed by atoms with Crippen LogP contribution in [0.5, 0.6) is 0 Å². The summed E-state index contributed by atoms with van der Waals surface area (Å²) in [5.74, 6) is 0. The van der Waals surface area contributed by atoms with E-state index in [9.17, 15) is 0 Å². The first-order valence-corrected chi connectivity index (χ1v) is 6.86. The molecule has 0 aromatic heterocycles. The van der Waals surface area contributed by atoms with Gasteiger partial charge in [0.2, 0.25) is 0 Å². The molecule has 0 spiro atoms. The largest absolute Gasteiger partial charge is 0.307 e. The molecule has 0 radical (unpaired) electrons. The molecule has 0 aliphatic rings. The molecule has 1 heteroatoms. The molecule has 0 aliphatic carbocycles. The third-order valence-electron chi connectivity index (χ3n) is 1.88. The number of carbonyl (C=O) groups is 1. The lowest BCUT2D eigenvalue weighted by Crippen LogP contribution is -1.73. The molecule has 0 fully saturated rings. The molecule has 0 saturated carbocycles. The first kappa shape index (κ1) is 23.0. The maximum atomic E-state index is 8.00. The summed E-state index contributed by atoms with van der Waals surface area (Å²) in [4.78, 5) is 8.00. The molecular formula is C19H28O. The van der Waals surface area contributed by atoms with E-state index in [-0.39, 0.29) is 0 Å². The molecule has 0 heterocycles. The van der Waals surface area contributed by atoms with E-state index in [0.717, 1.165) is 0 Å². The van der Waals surface area contributed by atoms with Gasteiger partial charge in [0.25, 0.3) is 0 Å². The van der Waals surface area contributed by atoms with Crippen molar-refractivity contribution in [3.8, 4) is 11.1 Å². The fourth-order valence-corrected chi connectivity index (χ4v) is 1.26. The van der Waals surface area contributed by atoms with E-state index in [1.165, 1.54) is 11.1 Å². The highest BCUT2D eigenvalue weighted by molar-refractivity contribution is 5.62. The standard InChI is InChI=1S/C12H10.2C2H6.C2H4.CH2O/c1-3-7-11(8-4-1)12-9-5-2-6-10-12;4*1-2/h1-10H;2*1-2H3;1-2H2;1H2. The molecule has 0 atom stereocenters. The van der Waals surface area contributed by atoms with E-state index in [2.05, 4.69) is 61.7 Å². The molecular weight excluding hydrogens is 244 g/mol. The molecule has 0 saturated heterocycles. The zero-order valence-corrected chi connectivity index (χ0v) is 13.3. The Balaban J connectivity index is -0.000000314. The number of rotatable bonds is 1. The SMILES string of the molecule is C=C.C=O.CC.CC.c1ccc(-c2ccccc2)cc1. The van der Waals surface area contributed by atoms with Gasteiger partial charge in [-0.05, 0) is 11.1 Å². The van der Waals surface area contributed by atoms with Crippen molar-refractivity contribution < 1.29 is 4.79 Å². The number of benzene rings is 2. The van der Waals surface area contributed by atoms with E-state index in [1.807, 2.05) is 46.6 Å². The Morgan fingerprint density at radius 1 is 0.550 bits per heavy atom. The van der Waals surface area contributed by atoms with Gasteiger partial charge in [-0.3, -0.25) is 0 Å². The van der Waals surface area contributed by atoms with Crippen molar-refractivity contribution in [2.75, 3.05) is 0 Å². The maximum absolute atomic E-state index is 8.00. The fourth-order valence-electron chi connectivity index (χ4n) is 1.26. The minimum atomic E-state index is 1.28. The van der Waals surface area contributed by atoms with Gasteiger partial charge in [0, 0.05) is 0 Å². The van der Waals surface area contributed by atoms with Crippen molar-refractivity contribution in [1.29, 1.82) is 0 Å². The van der Waals surface area contributed by atoms with Crippen LogP contribution in [-0.4, -0.2) is 6.79 Å². The van der Waals surface area contributed by atoms with Crippen LogP contribution < -0.4 is 0 Å². The second-order valence-electron chi connectivity index (χ2n) is 2.73. The molecule has 0 bridgehead atoms. The van der Waals surface area contributed by atoms with Gasteiger partial charge in [-0.15, -0.1) is 13.2 Å². The Kier molecular flexibility index (Phi) is 25.4. The second kappa shape index (κ2) is 22.1. The smallest absolute Gasteiger partial charge is 0.106 e. The molecule has 1 nitrogen and oxygen atoms in total. The van der Waals surface area contributed by atoms with E-state index in [0.29, 0.717) is 0 Å². The predicted octanol–water partition coefficient (Wildman–Crippen LogP) is 6.02. The third-order valence-corrected chi connectivity index (χ3v) is 1.88. The summed E-state index contributed by atoms with van der Waals surface area (Å²) in [5, 5.41) is 0. The van der Waals surface area contributed by atoms with Crippen LogP contribution in [0, 0.1) is 0 Å². The van der Waals surface area contributed by atoms with Gasteiger partial charge in [-0.2, -0.15) is 0 Å². The average Bonchev–Trinajstić information content (AvgIpc) is 2.63. The maximum Gasteiger partial charge on any atom is 0.106 e. The molecule has 2 aromatic rings. The summed E-state index contributed by atoms with van der Waals surface area (Å²) in [5.41, 5.74) is 2.55. The molecule has 110 valence electrons. The van der Waals surface area contributed by atoms with Crippen molar-refractivity contribution in [3.63, 3.8) is 0 Å². The Morgan fingerprint density at radius 3 is 0.950 bits per heavy atom. The zero-order valence-electron chi connectivity index (χ0n) is 13.3. The highest BCUT2D eigenvalue weighted by Gasteiger charge is 1.91. The van der Waals surface area contributed by atoms with Gasteiger partial charge in [-0.25, -0.2) is 0 Å².